The van der Waals surface area contributed by atoms with Crippen LogP contribution in [0.5, 0.6) is 6.01 Å². The molecule has 2 aliphatic rings. The Kier molecular flexibility index (Phi) is 7.01. The van der Waals surface area contributed by atoms with Crippen molar-refractivity contribution in [2.24, 2.45) is 0 Å². The van der Waals surface area contributed by atoms with Crippen molar-refractivity contribution in [1.29, 1.82) is 0 Å². The van der Waals surface area contributed by atoms with Crippen molar-refractivity contribution in [2.45, 2.75) is 38.7 Å². The second-order valence-corrected chi connectivity index (χ2v) is 11.2. The van der Waals surface area contributed by atoms with Crippen LogP contribution in [0.2, 0.25) is 0 Å². The Morgan fingerprint density at radius 2 is 2.05 bits per heavy atom. The van der Waals surface area contributed by atoms with Crippen LogP contribution in [-0.4, -0.2) is 41.8 Å². The van der Waals surface area contributed by atoms with Crippen LogP contribution >= 0.6 is 23.5 Å². The largest absolute Gasteiger partial charge is 0.467 e. The lowest BCUT2D eigenvalue weighted by Gasteiger charge is -2.35. The number of benzene rings is 2. The number of morpholine rings is 1. The van der Waals surface area contributed by atoms with E-state index in [0.717, 1.165) is 16.9 Å². The van der Waals surface area contributed by atoms with Gasteiger partial charge in [-0.1, -0.05) is 35.7 Å². The van der Waals surface area contributed by atoms with Crippen LogP contribution in [0.4, 0.5) is 11.4 Å². The standard InChI is InChI=1S/C28H27N5O3S2/c1-17(20-10-12-30-28(32-20)35-2)31-18-8-9-23-25(15-18)37-24-7-3-5-19(26(24)38-23)22-16-33(13-14-36-22)21-6-4-11-29-27(21)34/h3-12,15,17,22,31H,13-14,16H2,1-2H3,(H,29,34). The highest BCUT2D eigenvalue weighted by Gasteiger charge is 2.29. The van der Waals surface area contributed by atoms with E-state index in [4.69, 9.17) is 9.47 Å². The molecule has 10 heteroatoms. The highest BCUT2D eigenvalue weighted by molar-refractivity contribution is 8.05. The molecule has 4 aromatic rings. The first-order chi connectivity index (χ1) is 18.6. The molecule has 194 valence electrons. The van der Waals surface area contributed by atoms with Crippen LogP contribution in [0, 0.1) is 0 Å². The van der Waals surface area contributed by atoms with Crippen LogP contribution in [0.15, 0.2) is 91.4 Å². The van der Waals surface area contributed by atoms with Gasteiger partial charge in [0.15, 0.2) is 0 Å². The highest BCUT2D eigenvalue weighted by atomic mass is 32.2. The third-order valence-corrected chi connectivity index (χ3v) is 9.21. The summed E-state index contributed by atoms with van der Waals surface area (Å²) in [6.45, 7) is 3.97. The minimum absolute atomic E-state index is 0.00618. The third-order valence-electron chi connectivity index (χ3n) is 6.60. The van der Waals surface area contributed by atoms with Crippen molar-refractivity contribution in [3.05, 3.63) is 88.6 Å². The first kappa shape index (κ1) is 24.8. The van der Waals surface area contributed by atoms with Crippen molar-refractivity contribution in [2.75, 3.05) is 37.0 Å². The first-order valence-corrected chi connectivity index (χ1v) is 14.0. The van der Waals surface area contributed by atoms with E-state index in [1.54, 1.807) is 43.0 Å². The molecule has 2 aromatic carbocycles. The second-order valence-electron chi connectivity index (χ2n) is 9.06. The molecule has 0 radical (unpaired) electrons. The maximum atomic E-state index is 12.4. The topological polar surface area (TPSA) is 92.4 Å². The molecule has 6 rings (SSSR count). The fraction of sp³-hybridized carbons (Fsp3) is 0.250. The summed E-state index contributed by atoms with van der Waals surface area (Å²) in [5.74, 6) is 0. The van der Waals surface area contributed by atoms with E-state index < -0.39 is 0 Å². The van der Waals surface area contributed by atoms with E-state index in [1.165, 1.54) is 19.6 Å². The minimum atomic E-state index is -0.111. The summed E-state index contributed by atoms with van der Waals surface area (Å²) in [5, 5.41) is 3.55. The Morgan fingerprint density at radius 3 is 2.92 bits per heavy atom. The number of anilines is 2. The summed E-state index contributed by atoms with van der Waals surface area (Å²) in [6.07, 6.45) is 3.26. The zero-order valence-corrected chi connectivity index (χ0v) is 22.6. The number of rotatable bonds is 6. The lowest BCUT2D eigenvalue weighted by atomic mass is 10.1. The molecule has 2 aliphatic heterocycles. The van der Waals surface area contributed by atoms with Crippen LogP contribution in [0.25, 0.3) is 0 Å². The van der Waals surface area contributed by atoms with Gasteiger partial charge in [-0.25, -0.2) is 4.98 Å². The molecule has 1 saturated heterocycles. The van der Waals surface area contributed by atoms with E-state index >= 15 is 0 Å². The zero-order valence-electron chi connectivity index (χ0n) is 21.0. The lowest BCUT2D eigenvalue weighted by molar-refractivity contribution is 0.0378. The number of fused-ring (bicyclic) bond motifs is 2. The van der Waals surface area contributed by atoms with Crippen LogP contribution in [0.1, 0.15) is 30.3 Å². The van der Waals surface area contributed by atoms with E-state index in [-0.39, 0.29) is 17.7 Å². The molecule has 0 spiro atoms. The summed E-state index contributed by atoms with van der Waals surface area (Å²) in [4.78, 5) is 30.7. The number of aromatic nitrogens is 3. The Morgan fingerprint density at radius 1 is 1.13 bits per heavy atom. The average Bonchev–Trinajstić information content (AvgIpc) is 2.96. The maximum Gasteiger partial charge on any atom is 0.316 e. The highest BCUT2D eigenvalue weighted by Crippen LogP contribution is 2.52. The van der Waals surface area contributed by atoms with Gasteiger partial charge < -0.3 is 24.7 Å². The van der Waals surface area contributed by atoms with E-state index in [9.17, 15) is 4.79 Å². The molecule has 2 unspecified atom stereocenters. The number of pyridine rings is 1. The molecular formula is C28H27N5O3S2. The average molecular weight is 546 g/mol. The Bertz CT molecular complexity index is 1530. The van der Waals surface area contributed by atoms with Crippen molar-refractivity contribution in [1.82, 2.24) is 15.0 Å². The van der Waals surface area contributed by atoms with Gasteiger partial charge in [0, 0.05) is 50.8 Å². The van der Waals surface area contributed by atoms with Gasteiger partial charge in [-0.3, -0.25) is 4.79 Å². The van der Waals surface area contributed by atoms with Crippen molar-refractivity contribution < 1.29 is 9.47 Å². The fourth-order valence-corrected chi connectivity index (χ4v) is 7.15. The monoisotopic (exact) mass is 545 g/mol. The van der Waals surface area contributed by atoms with Gasteiger partial charge in [0.05, 0.1) is 25.5 Å². The second kappa shape index (κ2) is 10.7. The first-order valence-electron chi connectivity index (χ1n) is 12.4. The summed E-state index contributed by atoms with van der Waals surface area (Å²) >= 11 is 3.55. The quantitative estimate of drug-likeness (QED) is 0.285. The molecule has 0 saturated carbocycles. The number of aromatic amines is 1. The molecular weight excluding hydrogens is 518 g/mol. The smallest absolute Gasteiger partial charge is 0.316 e. The summed E-state index contributed by atoms with van der Waals surface area (Å²) in [6, 6.07) is 18.9. The van der Waals surface area contributed by atoms with E-state index in [2.05, 4.69) is 68.5 Å². The van der Waals surface area contributed by atoms with Crippen LogP contribution in [0.3, 0.4) is 0 Å². The molecule has 2 N–H and O–H groups in total. The fourth-order valence-electron chi connectivity index (χ4n) is 4.70. The van der Waals surface area contributed by atoms with E-state index in [0.29, 0.717) is 31.4 Å². The molecule has 8 nitrogen and oxygen atoms in total. The van der Waals surface area contributed by atoms with Gasteiger partial charge in [-0.2, -0.15) is 4.98 Å². The van der Waals surface area contributed by atoms with Crippen molar-refractivity contribution in [3.63, 3.8) is 0 Å². The van der Waals surface area contributed by atoms with Gasteiger partial charge >= 0.3 is 6.01 Å². The molecule has 0 amide bonds. The lowest BCUT2D eigenvalue weighted by Crippen LogP contribution is -2.41. The van der Waals surface area contributed by atoms with Gasteiger partial charge in [-0.05, 0) is 55.0 Å². The molecule has 1 fully saturated rings. The zero-order chi connectivity index (χ0) is 26.1. The Balaban J connectivity index is 1.21. The van der Waals surface area contributed by atoms with Crippen LogP contribution in [-0.2, 0) is 4.74 Å². The van der Waals surface area contributed by atoms with Gasteiger partial charge in [0.2, 0.25) is 0 Å². The summed E-state index contributed by atoms with van der Waals surface area (Å²) in [7, 11) is 1.57. The van der Waals surface area contributed by atoms with E-state index in [1.807, 2.05) is 18.2 Å². The predicted molar refractivity (Wildman–Crippen MR) is 150 cm³/mol. The number of nitrogens with zero attached hydrogens (tertiary/aromatic N) is 3. The molecule has 0 bridgehead atoms. The van der Waals surface area contributed by atoms with Gasteiger partial charge in [0.25, 0.3) is 5.56 Å². The Hall–Kier alpha value is -3.47. The third kappa shape index (κ3) is 4.99. The summed E-state index contributed by atoms with van der Waals surface area (Å²) < 4.78 is 11.4. The van der Waals surface area contributed by atoms with Crippen molar-refractivity contribution >= 4 is 34.9 Å². The number of nitrogens with one attached hydrogen (secondary N) is 2. The molecule has 0 aliphatic carbocycles. The minimum Gasteiger partial charge on any atom is -0.467 e. The molecule has 2 atom stereocenters. The molecule has 4 heterocycles. The number of hydrogen-bond donors (Lipinski definition) is 2. The summed E-state index contributed by atoms with van der Waals surface area (Å²) in [5.41, 5.74) is 3.68. The van der Waals surface area contributed by atoms with Crippen molar-refractivity contribution in [3.8, 4) is 6.01 Å². The Labute approximate surface area is 229 Å². The van der Waals surface area contributed by atoms with Crippen LogP contribution < -0.4 is 20.5 Å². The number of ether oxygens (including phenoxy) is 2. The number of hydrogen-bond acceptors (Lipinski definition) is 9. The van der Waals surface area contributed by atoms with Gasteiger partial charge in [-0.15, -0.1) is 0 Å². The number of methoxy groups -OCH3 is 1. The maximum absolute atomic E-state index is 12.4. The number of H-pyrrole nitrogens is 1. The normalized spacial score (nSPS) is 17.3. The molecule has 2 aromatic heterocycles. The SMILES string of the molecule is COc1nccc(C(C)Nc2ccc3c(c2)Sc2cccc(C4CN(c5ccc[nH]c5=O)CCO4)c2S3)n1. The predicted octanol–water partition coefficient (Wildman–Crippen LogP) is 5.54. The molecule has 38 heavy (non-hydrogen) atoms. The van der Waals surface area contributed by atoms with Gasteiger partial charge in [0.1, 0.15) is 11.8 Å².